The Morgan fingerprint density at radius 3 is 1.73 bits per heavy atom. The van der Waals surface area contributed by atoms with Crippen LogP contribution in [-0.4, -0.2) is 28.7 Å². The van der Waals surface area contributed by atoms with E-state index in [1.165, 1.54) is 0 Å². The van der Waals surface area contributed by atoms with Gasteiger partial charge in [-0.05, 0) is 0 Å². The monoisotopic (exact) mass is 390 g/mol. The normalized spacial score (nSPS) is 13.7. The molecule has 128 valence electrons. The van der Waals surface area contributed by atoms with Crippen molar-refractivity contribution in [2.45, 2.75) is 59.3 Å². The minimum absolute atomic E-state index is 0.00967. The van der Waals surface area contributed by atoms with Crippen LogP contribution in [0.15, 0.2) is 18.2 Å². The third-order valence-electron chi connectivity index (χ3n) is 4.67. The molecule has 0 unspecified atom stereocenters. The van der Waals surface area contributed by atoms with E-state index < -0.39 is 5.31 Å². The van der Waals surface area contributed by atoms with E-state index in [9.17, 15) is 10.2 Å². The standard InChI is InChI=1S/C18H32BrO2P/c1-4-7-13-22(19,14-8-5-2,15-9-6-3)17-12-10-11-16(20)18(17)21/h10-12,20-21H,4-9,13-15H2,1-3H3. The van der Waals surface area contributed by atoms with Crippen molar-refractivity contribution in [2.24, 2.45) is 0 Å². The second-order valence-corrected chi connectivity index (χ2v) is 17.0. The first-order valence-corrected chi connectivity index (χ1v) is 13.5. The topological polar surface area (TPSA) is 40.5 Å². The van der Waals surface area contributed by atoms with E-state index in [0.29, 0.717) is 0 Å². The minimum atomic E-state index is -2.40. The summed E-state index contributed by atoms with van der Waals surface area (Å²) in [5.41, 5.74) is 0. The molecular weight excluding hydrogens is 359 g/mol. The van der Waals surface area contributed by atoms with Crippen molar-refractivity contribution in [2.75, 3.05) is 18.5 Å². The molecule has 22 heavy (non-hydrogen) atoms. The summed E-state index contributed by atoms with van der Waals surface area (Å²) in [4.78, 5) is 0. The van der Waals surface area contributed by atoms with Crippen LogP contribution in [0.4, 0.5) is 0 Å². The summed E-state index contributed by atoms with van der Waals surface area (Å²) in [5, 5.41) is 19.1. The molecular formula is C18H32BrO2P. The van der Waals surface area contributed by atoms with Gasteiger partial charge >= 0.3 is 144 Å². The number of phenols is 2. The Morgan fingerprint density at radius 2 is 1.32 bits per heavy atom. The quantitative estimate of drug-likeness (QED) is 0.380. The molecule has 0 amide bonds. The van der Waals surface area contributed by atoms with Crippen LogP contribution in [0.3, 0.4) is 0 Å². The molecule has 0 aliphatic carbocycles. The van der Waals surface area contributed by atoms with Crippen LogP contribution in [0.1, 0.15) is 59.3 Å². The first kappa shape index (κ1) is 19.8. The Bertz CT molecular complexity index is 452. The summed E-state index contributed by atoms with van der Waals surface area (Å²) in [5.74, 6) is 0.107. The molecule has 0 saturated carbocycles. The summed E-state index contributed by atoms with van der Waals surface area (Å²) >= 11 is 4.25. The zero-order valence-electron chi connectivity index (χ0n) is 14.3. The van der Waals surface area contributed by atoms with Crippen molar-refractivity contribution < 1.29 is 10.2 Å². The van der Waals surface area contributed by atoms with E-state index in [2.05, 4.69) is 36.3 Å². The van der Waals surface area contributed by atoms with Gasteiger partial charge in [0.15, 0.2) is 0 Å². The third kappa shape index (κ3) is 4.38. The van der Waals surface area contributed by atoms with Gasteiger partial charge < -0.3 is 0 Å². The van der Waals surface area contributed by atoms with Crippen LogP contribution in [0, 0.1) is 0 Å². The van der Waals surface area contributed by atoms with Crippen LogP contribution in [0.5, 0.6) is 11.5 Å². The van der Waals surface area contributed by atoms with Crippen molar-refractivity contribution in [3.63, 3.8) is 0 Å². The number of benzene rings is 1. The third-order valence-corrected chi connectivity index (χ3v) is 14.6. The molecule has 1 aromatic rings. The fourth-order valence-corrected chi connectivity index (χ4v) is 12.0. The molecule has 2 N–H and O–H groups in total. The fraction of sp³-hybridized carbons (Fsp3) is 0.667. The van der Waals surface area contributed by atoms with Crippen LogP contribution in [0.2, 0.25) is 0 Å². The van der Waals surface area contributed by atoms with Gasteiger partial charge in [0.2, 0.25) is 0 Å². The predicted octanol–water partition coefficient (Wildman–Crippen LogP) is 5.99. The Morgan fingerprint density at radius 1 is 0.864 bits per heavy atom. The van der Waals surface area contributed by atoms with Crippen molar-refractivity contribution in [1.82, 2.24) is 0 Å². The average molecular weight is 391 g/mol. The molecule has 0 fully saturated rings. The molecule has 0 spiro atoms. The van der Waals surface area contributed by atoms with Crippen molar-refractivity contribution in [3.8, 4) is 11.5 Å². The van der Waals surface area contributed by atoms with Crippen LogP contribution < -0.4 is 5.30 Å². The summed E-state index contributed by atoms with van der Waals surface area (Å²) in [6, 6.07) is 5.48. The molecule has 0 aliphatic rings. The molecule has 2 nitrogen and oxygen atoms in total. The summed E-state index contributed by atoms with van der Waals surface area (Å²) in [6.45, 7) is 6.66. The summed E-state index contributed by atoms with van der Waals surface area (Å²) in [7, 11) is 0. The number of para-hydroxylation sites is 1. The van der Waals surface area contributed by atoms with E-state index in [0.717, 1.165) is 62.3 Å². The number of unbranched alkanes of at least 4 members (excludes halogenated alkanes) is 3. The van der Waals surface area contributed by atoms with E-state index in [-0.39, 0.29) is 11.5 Å². The average Bonchev–Trinajstić information content (AvgIpc) is 2.52. The van der Waals surface area contributed by atoms with Crippen LogP contribution in [-0.2, 0) is 0 Å². The SMILES string of the molecule is CCCCP(Br)(CCCC)(CCCC)c1cccc(O)c1O. The number of phenolic OH excluding ortho intramolecular Hbond substituents is 2. The fourth-order valence-electron chi connectivity index (χ4n) is 3.23. The van der Waals surface area contributed by atoms with Gasteiger partial charge in [-0.25, -0.2) is 0 Å². The van der Waals surface area contributed by atoms with E-state index >= 15 is 0 Å². The van der Waals surface area contributed by atoms with E-state index in [1.54, 1.807) is 6.07 Å². The van der Waals surface area contributed by atoms with Gasteiger partial charge in [-0.1, -0.05) is 0 Å². The maximum atomic E-state index is 10.5. The molecule has 0 aromatic heterocycles. The van der Waals surface area contributed by atoms with E-state index in [1.807, 2.05) is 12.1 Å². The number of halogens is 1. The Hall–Kier alpha value is -0.270. The van der Waals surface area contributed by atoms with Crippen molar-refractivity contribution in [3.05, 3.63) is 18.2 Å². The second kappa shape index (κ2) is 8.55. The first-order valence-electron chi connectivity index (χ1n) is 8.65. The molecule has 1 aromatic carbocycles. The molecule has 0 atom stereocenters. The number of aromatic hydroxyl groups is 2. The molecule has 0 saturated heterocycles. The van der Waals surface area contributed by atoms with Crippen LogP contribution >= 0.6 is 20.8 Å². The van der Waals surface area contributed by atoms with Gasteiger partial charge in [-0.2, -0.15) is 0 Å². The van der Waals surface area contributed by atoms with Gasteiger partial charge in [-0.3, -0.25) is 0 Å². The summed E-state index contributed by atoms with van der Waals surface area (Å²) < 4.78 is 0. The number of hydrogen-bond donors (Lipinski definition) is 2. The second-order valence-electron chi connectivity index (χ2n) is 6.46. The number of hydrogen-bond acceptors (Lipinski definition) is 2. The molecule has 4 heteroatoms. The first-order chi connectivity index (χ1) is 10.4. The van der Waals surface area contributed by atoms with Gasteiger partial charge in [0.25, 0.3) is 0 Å². The maximum absolute atomic E-state index is 10.5. The van der Waals surface area contributed by atoms with Gasteiger partial charge in [0.05, 0.1) is 0 Å². The Labute approximate surface area is 144 Å². The van der Waals surface area contributed by atoms with E-state index in [4.69, 9.17) is 0 Å². The Balaban J connectivity index is 3.41. The molecule has 0 aliphatic heterocycles. The zero-order chi connectivity index (χ0) is 16.7. The zero-order valence-corrected chi connectivity index (χ0v) is 16.8. The van der Waals surface area contributed by atoms with Crippen molar-refractivity contribution in [1.29, 1.82) is 0 Å². The van der Waals surface area contributed by atoms with Gasteiger partial charge in [0.1, 0.15) is 0 Å². The molecule has 0 heterocycles. The van der Waals surface area contributed by atoms with Gasteiger partial charge in [0, 0.05) is 0 Å². The van der Waals surface area contributed by atoms with Gasteiger partial charge in [-0.15, -0.1) is 0 Å². The predicted molar refractivity (Wildman–Crippen MR) is 105 cm³/mol. The molecule has 0 radical (unpaired) electrons. The van der Waals surface area contributed by atoms with Crippen molar-refractivity contribution >= 4 is 26.1 Å². The van der Waals surface area contributed by atoms with Crippen LogP contribution in [0.25, 0.3) is 0 Å². The molecule has 0 bridgehead atoms. The molecule has 1 rings (SSSR count). The summed E-state index contributed by atoms with van der Waals surface area (Å²) in [6.07, 6.45) is 10.3. The number of rotatable bonds is 10. The Kier molecular flexibility index (Phi) is 7.68.